The molecule has 0 spiro atoms. The van der Waals surface area contributed by atoms with E-state index in [2.05, 4.69) is 24.5 Å². The van der Waals surface area contributed by atoms with Crippen molar-refractivity contribution in [1.29, 1.82) is 0 Å². The molecule has 0 aromatic carbocycles. The van der Waals surface area contributed by atoms with Gasteiger partial charge in [0.2, 0.25) is 0 Å². The largest absolute Gasteiger partial charge is 0.481 e. The van der Waals surface area contributed by atoms with Crippen LogP contribution < -0.4 is 10.6 Å². The summed E-state index contributed by atoms with van der Waals surface area (Å²) in [7, 11) is 0. The monoisotopic (exact) mass is 300 g/mol. The summed E-state index contributed by atoms with van der Waals surface area (Å²) in [6, 6.07) is -0.553. The lowest BCUT2D eigenvalue weighted by Crippen LogP contribution is -2.63. The lowest BCUT2D eigenvalue weighted by molar-refractivity contribution is -0.137. The number of ether oxygens (including phenoxy) is 1. The zero-order chi connectivity index (χ0) is 16.0. The van der Waals surface area contributed by atoms with Crippen molar-refractivity contribution in [3.05, 3.63) is 0 Å². The Kier molecular flexibility index (Phi) is 6.45. The normalized spacial score (nSPS) is 24.8. The summed E-state index contributed by atoms with van der Waals surface area (Å²) in [4.78, 5) is 22.8. The minimum Gasteiger partial charge on any atom is -0.481 e. The van der Waals surface area contributed by atoms with E-state index in [4.69, 9.17) is 9.84 Å². The lowest BCUT2D eigenvalue weighted by atomic mass is 9.64. The fourth-order valence-corrected chi connectivity index (χ4v) is 2.78. The van der Waals surface area contributed by atoms with Gasteiger partial charge in [0.25, 0.3) is 0 Å². The van der Waals surface area contributed by atoms with Gasteiger partial charge >= 0.3 is 12.0 Å². The van der Waals surface area contributed by atoms with E-state index in [1.807, 2.05) is 13.8 Å². The van der Waals surface area contributed by atoms with Gasteiger partial charge in [-0.3, -0.25) is 4.79 Å². The molecule has 6 heteroatoms. The molecule has 1 rings (SSSR count). The molecule has 3 atom stereocenters. The van der Waals surface area contributed by atoms with Gasteiger partial charge in [-0.05, 0) is 19.8 Å². The summed E-state index contributed by atoms with van der Waals surface area (Å²) in [6.45, 7) is 8.75. The van der Waals surface area contributed by atoms with E-state index < -0.39 is 5.97 Å². The smallest absolute Gasteiger partial charge is 0.315 e. The molecule has 0 saturated heterocycles. The molecule has 0 radical (unpaired) electrons. The van der Waals surface area contributed by atoms with Crippen molar-refractivity contribution in [2.75, 3.05) is 6.61 Å². The number of amides is 2. The Morgan fingerprint density at radius 1 is 1.38 bits per heavy atom. The second-order valence-corrected chi connectivity index (χ2v) is 6.25. The molecular formula is C15H28N2O4. The lowest BCUT2D eigenvalue weighted by Gasteiger charge is -2.51. The van der Waals surface area contributed by atoms with Crippen molar-refractivity contribution >= 4 is 12.0 Å². The maximum Gasteiger partial charge on any atom is 0.315 e. The Hall–Kier alpha value is -1.30. The Labute approximate surface area is 126 Å². The van der Waals surface area contributed by atoms with Crippen LogP contribution in [0.4, 0.5) is 4.79 Å². The van der Waals surface area contributed by atoms with Crippen LogP contribution in [0.2, 0.25) is 0 Å². The minimum absolute atomic E-state index is 0.0448. The van der Waals surface area contributed by atoms with Gasteiger partial charge in [0.05, 0.1) is 12.5 Å². The predicted molar refractivity (Wildman–Crippen MR) is 80.2 cm³/mol. The van der Waals surface area contributed by atoms with Crippen LogP contribution in [-0.4, -0.2) is 41.9 Å². The van der Waals surface area contributed by atoms with Gasteiger partial charge in [-0.1, -0.05) is 27.2 Å². The summed E-state index contributed by atoms with van der Waals surface area (Å²) in [6.07, 6.45) is 2.41. The van der Waals surface area contributed by atoms with E-state index in [-0.39, 0.29) is 36.1 Å². The summed E-state index contributed by atoms with van der Waals surface area (Å²) in [5, 5.41) is 14.5. The molecule has 3 N–H and O–H groups in total. The summed E-state index contributed by atoms with van der Waals surface area (Å²) in [5.74, 6) is -0.894. The fraction of sp³-hybridized carbons (Fsp3) is 0.867. The average Bonchev–Trinajstić information content (AvgIpc) is 2.37. The third-order valence-corrected chi connectivity index (χ3v) is 4.24. The van der Waals surface area contributed by atoms with Crippen LogP contribution in [0, 0.1) is 5.41 Å². The maximum absolute atomic E-state index is 12.0. The SMILES string of the molecule is CCCC(CC(=O)O)NC(=O)NC1CC(OCC)C1(C)C. The molecule has 1 saturated carbocycles. The second-order valence-electron chi connectivity index (χ2n) is 6.25. The highest BCUT2D eigenvalue weighted by molar-refractivity contribution is 5.76. The van der Waals surface area contributed by atoms with E-state index in [0.29, 0.717) is 13.0 Å². The first-order chi connectivity index (χ1) is 9.81. The van der Waals surface area contributed by atoms with Crippen LogP contribution in [0.15, 0.2) is 0 Å². The average molecular weight is 300 g/mol. The zero-order valence-electron chi connectivity index (χ0n) is 13.4. The van der Waals surface area contributed by atoms with Gasteiger partial charge in [-0.25, -0.2) is 4.79 Å². The Morgan fingerprint density at radius 2 is 2.05 bits per heavy atom. The molecule has 1 fully saturated rings. The molecule has 0 aliphatic heterocycles. The van der Waals surface area contributed by atoms with Crippen molar-refractivity contribution in [3.8, 4) is 0 Å². The zero-order valence-corrected chi connectivity index (χ0v) is 13.4. The molecule has 21 heavy (non-hydrogen) atoms. The number of hydrogen-bond acceptors (Lipinski definition) is 3. The third-order valence-electron chi connectivity index (χ3n) is 4.24. The van der Waals surface area contributed by atoms with Gasteiger partial charge in [-0.15, -0.1) is 0 Å². The number of carboxylic acid groups (broad SMARTS) is 1. The Balaban J connectivity index is 2.44. The maximum atomic E-state index is 12.0. The van der Waals surface area contributed by atoms with Crippen LogP contribution in [0.1, 0.15) is 53.4 Å². The van der Waals surface area contributed by atoms with Gasteiger partial charge in [-0.2, -0.15) is 0 Å². The number of urea groups is 1. The van der Waals surface area contributed by atoms with E-state index in [9.17, 15) is 9.59 Å². The highest BCUT2D eigenvalue weighted by atomic mass is 16.5. The first-order valence-electron chi connectivity index (χ1n) is 7.71. The number of aliphatic carboxylic acids is 1. The number of nitrogens with one attached hydrogen (secondary N) is 2. The minimum atomic E-state index is -0.894. The number of carbonyl (C=O) groups excluding carboxylic acids is 1. The number of hydrogen-bond donors (Lipinski definition) is 3. The molecule has 6 nitrogen and oxygen atoms in total. The molecule has 0 bridgehead atoms. The van der Waals surface area contributed by atoms with Gasteiger partial charge < -0.3 is 20.5 Å². The van der Waals surface area contributed by atoms with E-state index >= 15 is 0 Å². The molecule has 1 aliphatic rings. The topological polar surface area (TPSA) is 87.7 Å². The van der Waals surface area contributed by atoms with Gasteiger partial charge in [0.15, 0.2) is 0 Å². The molecule has 0 aromatic rings. The number of carbonyl (C=O) groups is 2. The molecule has 0 aromatic heterocycles. The molecule has 3 unspecified atom stereocenters. The number of rotatable bonds is 8. The van der Waals surface area contributed by atoms with Crippen molar-refractivity contribution in [2.45, 2.75) is 71.6 Å². The standard InChI is InChI=1S/C15H28N2O4/c1-5-7-10(8-13(18)19)16-14(20)17-11-9-12(21-6-2)15(11,3)4/h10-12H,5-9H2,1-4H3,(H,18,19)(H2,16,17,20). The van der Waals surface area contributed by atoms with Crippen molar-refractivity contribution < 1.29 is 19.4 Å². The Morgan fingerprint density at radius 3 is 2.52 bits per heavy atom. The van der Waals surface area contributed by atoms with Crippen molar-refractivity contribution in [2.24, 2.45) is 5.41 Å². The third kappa shape index (κ3) is 4.88. The fourth-order valence-electron chi connectivity index (χ4n) is 2.78. The molecule has 122 valence electrons. The van der Waals surface area contributed by atoms with Crippen molar-refractivity contribution in [1.82, 2.24) is 10.6 Å². The van der Waals surface area contributed by atoms with Crippen LogP contribution in [0.5, 0.6) is 0 Å². The van der Waals surface area contributed by atoms with Crippen LogP contribution in [0.25, 0.3) is 0 Å². The molecular weight excluding hydrogens is 272 g/mol. The Bertz CT molecular complexity index is 371. The number of carboxylic acids is 1. The first kappa shape index (κ1) is 17.8. The van der Waals surface area contributed by atoms with E-state index in [1.165, 1.54) is 0 Å². The van der Waals surface area contributed by atoms with Crippen LogP contribution in [-0.2, 0) is 9.53 Å². The molecule has 0 heterocycles. The van der Waals surface area contributed by atoms with Crippen LogP contribution >= 0.6 is 0 Å². The van der Waals surface area contributed by atoms with E-state index in [0.717, 1.165) is 12.8 Å². The summed E-state index contributed by atoms with van der Waals surface area (Å²) < 4.78 is 5.63. The quantitative estimate of drug-likeness (QED) is 0.641. The highest BCUT2D eigenvalue weighted by Crippen LogP contribution is 2.42. The van der Waals surface area contributed by atoms with Gasteiger partial charge in [0, 0.05) is 24.1 Å². The predicted octanol–water partition coefficient (Wildman–Crippen LogP) is 2.13. The van der Waals surface area contributed by atoms with Crippen molar-refractivity contribution in [3.63, 3.8) is 0 Å². The molecule has 1 aliphatic carbocycles. The summed E-state index contributed by atoms with van der Waals surface area (Å²) in [5.41, 5.74) is -0.0968. The molecule has 2 amide bonds. The first-order valence-corrected chi connectivity index (χ1v) is 7.71. The van der Waals surface area contributed by atoms with E-state index in [1.54, 1.807) is 0 Å². The highest BCUT2D eigenvalue weighted by Gasteiger charge is 2.49. The van der Waals surface area contributed by atoms with Crippen LogP contribution in [0.3, 0.4) is 0 Å². The van der Waals surface area contributed by atoms with Gasteiger partial charge in [0.1, 0.15) is 0 Å². The summed E-state index contributed by atoms with van der Waals surface area (Å²) >= 11 is 0. The second kappa shape index (κ2) is 7.64.